The summed E-state index contributed by atoms with van der Waals surface area (Å²) in [5, 5.41) is 0. The van der Waals surface area contributed by atoms with Crippen molar-refractivity contribution in [1.29, 1.82) is 0 Å². The fourth-order valence-electron chi connectivity index (χ4n) is 4.40. The molecule has 1 aromatic carbocycles. The van der Waals surface area contributed by atoms with Crippen molar-refractivity contribution in [3.8, 4) is 0 Å². The van der Waals surface area contributed by atoms with Gasteiger partial charge in [-0.3, -0.25) is 4.79 Å². The van der Waals surface area contributed by atoms with Crippen LogP contribution in [0.25, 0.3) is 0 Å². The van der Waals surface area contributed by atoms with Crippen molar-refractivity contribution in [1.82, 2.24) is 4.90 Å². The average Bonchev–Trinajstić information content (AvgIpc) is 3.11. The van der Waals surface area contributed by atoms with Crippen LogP contribution in [-0.4, -0.2) is 16.8 Å². The van der Waals surface area contributed by atoms with Crippen molar-refractivity contribution in [2.45, 2.75) is 51.1 Å². The van der Waals surface area contributed by atoms with Gasteiger partial charge in [-0.25, -0.2) is 0 Å². The van der Waals surface area contributed by atoms with E-state index in [0.717, 1.165) is 23.6 Å². The molecule has 0 radical (unpaired) electrons. The monoisotopic (exact) mass is 284 g/mol. The van der Waals surface area contributed by atoms with Gasteiger partial charge in [-0.1, -0.05) is 24.6 Å². The summed E-state index contributed by atoms with van der Waals surface area (Å²) < 4.78 is 0. The van der Waals surface area contributed by atoms with Crippen LogP contribution in [0, 0.1) is 17.8 Å². The molecular weight excluding hydrogens is 260 g/mol. The zero-order valence-corrected chi connectivity index (χ0v) is 12.5. The second-order valence-corrected chi connectivity index (χ2v) is 7.18. The van der Waals surface area contributed by atoms with Crippen molar-refractivity contribution < 1.29 is 4.79 Å². The Bertz CT molecular complexity index is 552. The van der Waals surface area contributed by atoms with Crippen LogP contribution >= 0.6 is 0 Å². The third kappa shape index (κ3) is 2.43. The fourth-order valence-corrected chi connectivity index (χ4v) is 4.40. The van der Waals surface area contributed by atoms with Crippen LogP contribution in [0.4, 0.5) is 5.69 Å². The molecule has 2 bridgehead atoms. The molecule has 4 rings (SSSR count). The van der Waals surface area contributed by atoms with Crippen molar-refractivity contribution in [2.75, 3.05) is 5.73 Å². The molecule has 112 valence electrons. The number of carbonyl (C=O) groups excluding carboxylic acids is 1. The maximum atomic E-state index is 13.0. The van der Waals surface area contributed by atoms with E-state index in [4.69, 9.17) is 5.73 Å². The Balaban J connectivity index is 1.52. The minimum atomic E-state index is 0.300. The van der Waals surface area contributed by atoms with E-state index in [9.17, 15) is 4.79 Å². The first kappa shape index (κ1) is 13.2. The first-order chi connectivity index (χ1) is 10.2. The fraction of sp³-hybridized carbons (Fsp3) is 0.611. The van der Waals surface area contributed by atoms with Crippen LogP contribution in [0.1, 0.15) is 44.1 Å². The van der Waals surface area contributed by atoms with Gasteiger partial charge in [0, 0.05) is 24.2 Å². The topological polar surface area (TPSA) is 46.3 Å². The van der Waals surface area contributed by atoms with Gasteiger partial charge < -0.3 is 10.6 Å². The van der Waals surface area contributed by atoms with Crippen LogP contribution in [0.5, 0.6) is 0 Å². The largest absolute Gasteiger partial charge is 0.398 e. The molecule has 21 heavy (non-hydrogen) atoms. The number of nitrogen functional groups attached to an aromatic ring is 1. The lowest BCUT2D eigenvalue weighted by atomic mass is 9.87. The Morgan fingerprint density at radius 3 is 2.57 bits per heavy atom. The Morgan fingerprint density at radius 1 is 1.14 bits per heavy atom. The molecule has 1 aromatic rings. The van der Waals surface area contributed by atoms with Crippen LogP contribution < -0.4 is 5.73 Å². The molecule has 3 atom stereocenters. The lowest BCUT2D eigenvalue weighted by Crippen LogP contribution is -2.39. The molecular formula is C18H24N2O. The molecule has 1 amide bonds. The smallest absolute Gasteiger partial charge is 0.226 e. The number of rotatable bonds is 4. The Labute approximate surface area is 126 Å². The predicted molar refractivity (Wildman–Crippen MR) is 83.4 cm³/mol. The molecule has 0 saturated heterocycles. The van der Waals surface area contributed by atoms with Crippen molar-refractivity contribution in [2.24, 2.45) is 17.8 Å². The zero-order valence-electron chi connectivity index (χ0n) is 12.5. The number of hydrogen-bond donors (Lipinski definition) is 1. The summed E-state index contributed by atoms with van der Waals surface area (Å²) in [5.41, 5.74) is 7.97. The van der Waals surface area contributed by atoms with Crippen molar-refractivity contribution >= 4 is 11.6 Å². The highest BCUT2D eigenvalue weighted by Gasteiger charge is 2.46. The second-order valence-electron chi connectivity index (χ2n) is 7.18. The number of nitrogens with zero attached hydrogens (tertiary/aromatic N) is 1. The molecule has 0 aliphatic heterocycles. The van der Waals surface area contributed by atoms with E-state index < -0.39 is 0 Å². The van der Waals surface area contributed by atoms with Gasteiger partial charge >= 0.3 is 0 Å². The van der Waals surface area contributed by atoms with Crippen LogP contribution in [0.2, 0.25) is 0 Å². The number of benzene rings is 1. The number of carbonyl (C=O) groups is 1. The Morgan fingerprint density at radius 2 is 1.95 bits per heavy atom. The van der Waals surface area contributed by atoms with Gasteiger partial charge in [0.25, 0.3) is 0 Å². The molecule has 0 heterocycles. The third-order valence-corrected chi connectivity index (χ3v) is 5.72. The normalized spacial score (nSPS) is 30.6. The van der Waals surface area contributed by atoms with E-state index in [1.807, 2.05) is 18.2 Å². The minimum absolute atomic E-state index is 0.300. The standard InChI is InChI=1S/C18H24N2O/c19-17-4-2-1-3-14(17)11-20(15-7-8-15)18(21)16-10-12-5-6-13(16)9-12/h1-4,12-13,15-16H,5-11,19H2. The molecule has 3 fully saturated rings. The maximum Gasteiger partial charge on any atom is 0.226 e. The van der Waals surface area contributed by atoms with Crippen molar-refractivity contribution in [3.63, 3.8) is 0 Å². The molecule has 0 aromatic heterocycles. The number of hydrogen-bond acceptors (Lipinski definition) is 2. The molecule has 3 nitrogen and oxygen atoms in total. The van der Waals surface area contributed by atoms with E-state index in [2.05, 4.69) is 11.0 Å². The van der Waals surface area contributed by atoms with Crippen LogP contribution in [0.3, 0.4) is 0 Å². The van der Waals surface area contributed by atoms with E-state index in [1.165, 1.54) is 32.1 Å². The Kier molecular flexibility index (Phi) is 3.16. The number of nitrogens with two attached hydrogens (primary N) is 1. The molecule has 3 unspecified atom stereocenters. The number of para-hydroxylation sites is 1. The van der Waals surface area contributed by atoms with Gasteiger partial charge in [-0.2, -0.15) is 0 Å². The molecule has 3 aliphatic carbocycles. The number of amides is 1. The average molecular weight is 284 g/mol. The molecule has 3 saturated carbocycles. The van der Waals surface area contributed by atoms with Crippen LogP contribution in [-0.2, 0) is 11.3 Å². The SMILES string of the molecule is Nc1ccccc1CN(C(=O)C1CC2CCC1C2)C1CC1. The summed E-state index contributed by atoms with van der Waals surface area (Å²) in [6.45, 7) is 0.698. The van der Waals surface area contributed by atoms with E-state index in [1.54, 1.807) is 0 Å². The summed E-state index contributed by atoms with van der Waals surface area (Å²) in [6, 6.07) is 8.43. The lowest BCUT2D eigenvalue weighted by Gasteiger charge is -2.30. The maximum absolute atomic E-state index is 13.0. The van der Waals surface area contributed by atoms with Crippen LogP contribution in [0.15, 0.2) is 24.3 Å². The number of anilines is 1. The summed E-state index contributed by atoms with van der Waals surface area (Å²) in [7, 11) is 0. The first-order valence-electron chi connectivity index (χ1n) is 8.36. The lowest BCUT2D eigenvalue weighted by molar-refractivity contribution is -0.138. The molecule has 0 spiro atoms. The summed E-state index contributed by atoms with van der Waals surface area (Å²) in [6.07, 6.45) is 7.38. The molecule has 3 aliphatic rings. The van der Waals surface area contributed by atoms with Gasteiger partial charge in [0.05, 0.1) is 0 Å². The van der Waals surface area contributed by atoms with Gasteiger partial charge in [-0.15, -0.1) is 0 Å². The first-order valence-corrected chi connectivity index (χ1v) is 8.36. The zero-order chi connectivity index (χ0) is 14.4. The minimum Gasteiger partial charge on any atom is -0.398 e. The van der Waals surface area contributed by atoms with Gasteiger partial charge in [0.1, 0.15) is 0 Å². The third-order valence-electron chi connectivity index (χ3n) is 5.72. The quantitative estimate of drug-likeness (QED) is 0.863. The van der Waals surface area contributed by atoms with E-state index in [-0.39, 0.29) is 0 Å². The summed E-state index contributed by atoms with van der Waals surface area (Å²) in [4.78, 5) is 15.2. The van der Waals surface area contributed by atoms with E-state index >= 15 is 0 Å². The Hall–Kier alpha value is -1.51. The summed E-state index contributed by atoms with van der Waals surface area (Å²) in [5.74, 6) is 2.20. The predicted octanol–water partition coefficient (Wildman–Crippen LogP) is 3.20. The molecule has 3 heteroatoms. The van der Waals surface area contributed by atoms with E-state index in [0.29, 0.717) is 30.3 Å². The summed E-state index contributed by atoms with van der Waals surface area (Å²) >= 11 is 0. The van der Waals surface area contributed by atoms with Gasteiger partial charge in [-0.05, 0) is 55.6 Å². The highest BCUT2D eigenvalue weighted by Crippen LogP contribution is 2.49. The second kappa shape index (κ2) is 5.04. The molecule has 2 N–H and O–H groups in total. The van der Waals surface area contributed by atoms with Gasteiger partial charge in [0.15, 0.2) is 0 Å². The van der Waals surface area contributed by atoms with Gasteiger partial charge in [0.2, 0.25) is 5.91 Å². The highest BCUT2D eigenvalue weighted by molar-refractivity contribution is 5.80. The highest BCUT2D eigenvalue weighted by atomic mass is 16.2. The number of fused-ring (bicyclic) bond motifs is 2. The van der Waals surface area contributed by atoms with Crippen molar-refractivity contribution in [3.05, 3.63) is 29.8 Å².